The van der Waals surface area contributed by atoms with E-state index < -0.39 is 0 Å². The van der Waals surface area contributed by atoms with Gasteiger partial charge in [0.05, 0.1) is 11.2 Å². The van der Waals surface area contributed by atoms with E-state index in [2.05, 4.69) is 10.1 Å². The zero-order valence-electron chi connectivity index (χ0n) is 15.3. The summed E-state index contributed by atoms with van der Waals surface area (Å²) in [6.45, 7) is 1.82. The highest BCUT2D eigenvalue weighted by Crippen LogP contribution is 2.19. The van der Waals surface area contributed by atoms with Crippen molar-refractivity contribution in [3.63, 3.8) is 0 Å². The number of fused-ring (bicyclic) bond motifs is 1. The number of aromatic nitrogens is 3. The minimum Gasteiger partial charge on any atom is -0.286 e. The van der Waals surface area contributed by atoms with Crippen LogP contribution in [-0.4, -0.2) is 20.6 Å². The summed E-state index contributed by atoms with van der Waals surface area (Å²) in [6, 6.07) is 17.6. The number of hydrogen-bond donors (Lipinski definition) is 2. The Bertz CT molecular complexity index is 1240. The van der Waals surface area contributed by atoms with Gasteiger partial charge < -0.3 is 0 Å². The normalized spacial score (nSPS) is 10.9. The standard InChI is InChI=1S/C22H18FN5/c1-14-9-17(13-18(23)10-14)20-6-7-21(24)28(27-20)22(25)12-15-4-5-19-16(11-15)3-2-8-26-19/h2-11,13,24-25H,12H2,1H3. The molecule has 2 heterocycles. The molecule has 0 aliphatic carbocycles. The van der Waals surface area contributed by atoms with Gasteiger partial charge in [0.25, 0.3) is 0 Å². The van der Waals surface area contributed by atoms with E-state index in [0.717, 1.165) is 22.0 Å². The van der Waals surface area contributed by atoms with Gasteiger partial charge in [-0.15, -0.1) is 0 Å². The predicted molar refractivity (Wildman–Crippen MR) is 107 cm³/mol. The largest absolute Gasteiger partial charge is 0.286 e. The molecule has 0 bridgehead atoms. The maximum atomic E-state index is 13.7. The van der Waals surface area contributed by atoms with Crippen molar-refractivity contribution in [2.45, 2.75) is 13.3 Å². The van der Waals surface area contributed by atoms with Crippen molar-refractivity contribution in [1.29, 1.82) is 10.8 Å². The van der Waals surface area contributed by atoms with Crippen molar-refractivity contribution in [2.24, 2.45) is 0 Å². The van der Waals surface area contributed by atoms with Gasteiger partial charge in [-0.05, 0) is 66.6 Å². The van der Waals surface area contributed by atoms with Gasteiger partial charge in [-0.2, -0.15) is 5.10 Å². The summed E-state index contributed by atoms with van der Waals surface area (Å²) in [6.07, 6.45) is 2.07. The van der Waals surface area contributed by atoms with Crippen LogP contribution in [0.5, 0.6) is 0 Å². The van der Waals surface area contributed by atoms with E-state index in [1.165, 1.54) is 16.8 Å². The maximum Gasteiger partial charge on any atom is 0.148 e. The van der Waals surface area contributed by atoms with Gasteiger partial charge in [0.1, 0.15) is 17.1 Å². The van der Waals surface area contributed by atoms with E-state index in [0.29, 0.717) is 17.7 Å². The Morgan fingerprint density at radius 2 is 1.93 bits per heavy atom. The average molecular weight is 371 g/mol. The first-order valence-corrected chi connectivity index (χ1v) is 8.83. The molecule has 0 amide bonds. The molecule has 0 unspecified atom stereocenters. The molecule has 2 N–H and O–H groups in total. The van der Waals surface area contributed by atoms with E-state index in [1.54, 1.807) is 18.3 Å². The SMILES string of the molecule is Cc1cc(F)cc(-c2ccc(=N)n(C(=N)Cc3ccc4ncccc4c3)n2)c1. The molecule has 138 valence electrons. The lowest BCUT2D eigenvalue weighted by molar-refractivity contribution is 0.627. The second-order valence-corrected chi connectivity index (χ2v) is 6.69. The maximum absolute atomic E-state index is 13.7. The fourth-order valence-corrected chi connectivity index (χ4v) is 3.17. The number of rotatable bonds is 3. The third-order valence-corrected chi connectivity index (χ3v) is 4.47. The van der Waals surface area contributed by atoms with Crippen LogP contribution in [0.1, 0.15) is 11.1 Å². The highest BCUT2D eigenvalue weighted by atomic mass is 19.1. The Morgan fingerprint density at radius 3 is 2.75 bits per heavy atom. The van der Waals surface area contributed by atoms with E-state index in [-0.39, 0.29) is 17.1 Å². The van der Waals surface area contributed by atoms with Gasteiger partial charge in [0.15, 0.2) is 0 Å². The van der Waals surface area contributed by atoms with E-state index in [9.17, 15) is 4.39 Å². The van der Waals surface area contributed by atoms with Crippen LogP contribution in [0.4, 0.5) is 4.39 Å². The van der Waals surface area contributed by atoms with Gasteiger partial charge >= 0.3 is 0 Å². The van der Waals surface area contributed by atoms with Gasteiger partial charge in [0.2, 0.25) is 0 Å². The van der Waals surface area contributed by atoms with Crippen LogP contribution in [-0.2, 0) is 6.42 Å². The summed E-state index contributed by atoms with van der Waals surface area (Å²) in [7, 11) is 0. The quantitative estimate of drug-likeness (QED) is 0.420. The molecule has 0 fully saturated rings. The smallest absolute Gasteiger partial charge is 0.148 e. The van der Waals surface area contributed by atoms with Crippen LogP contribution in [0.25, 0.3) is 22.2 Å². The number of halogens is 1. The third-order valence-electron chi connectivity index (χ3n) is 4.47. The zero-order valence-corrected chi connectivity index (χ0v) is 15.3. The summed E-state index contributed by atoms with van der Waals surface area (Å²) in [5, 5.41) is 22.0. The van der Waals surface area contributed by atoms with E-state index in [1.807, 2.05) is 43.3 Å². The van der Waals surface area contributed by atoms with Crippen molar-refractivity contribution in [3.8, 4) is 11.3 Å². The van der Waals surface area contributed by atoms with Gasteiger partial charge in [-0.1, -0.05) is 12.1 Å². The minimum absolute atomic E-state index is 0.101. The van der Waals surface area contributed by atoms with Crippen LogP contribution in [0.3, 0.4) is 0 Å². The summed E-state index contributed by atoms with van der Waals surface area (Å²) in [5.74, 6) is -0.165. The van der Waals surface area contributed by atoms with E-state index >= 15 is 0 Å². The predicted octanol–water partition coefficient (Wildman–Crippen LogP) is 4.09. The van der Waals surface area contributed by atoms with Crippen molar-refractivity contribution in [3.05, 3.63) is 89.3 Å². The van der Waals surface area contributed by atoms with Gasteiger partial charge in [-0.25, -0.2) is 9.07 Å². The summed E-state index contributed by atoms with van der Waals surface area (Å²) in [5.41, 5.74) is 3.86. The van der Waals surface area contributed by atoms with Crippen molar-refractivity contribution >= 4 is 16.7 Å². The molecule has 2 aromatic carbocycles. The highest BCUT2D eigenvalue weighted by molar-refractivity contribution is 5.85. The van der Waals surface area contributed by atoms with Crippen molar-refractivity contribution in [2.75, 3.05) is 0 Å². The minimum atomic E-state index is -0.335. The lowest BCUT2D eigenvalue weighted by atomic mass is 10.1. The summed E-state index contributed by atoms with van der Waals surface area (Å²) < 4.78 is 15.0. The first kappa shape index (κ1) is 17.7. The number of nitrogens with zero attached hydrogens (tertiary/aromatic N) is 3. The van der Waals surface area contributed by atoms with Crippen LogP contribution in [0, 0.1) is 23.6 Å². The number of benzene rings is 2. The fourth-order valence-electron chi connectivity index (χ4n) is 3.17. The second-order valence-electron chi connectivity index (χ2n) is 6.69. The lowest BCUT2D eigenvalue weighted by Crippen LogP contribution is -2.30. The molecule has 0 saturated heterocycles. The Balaban J connectivity index is 1.67. The number of nitrogens with one attached hydrogen (secondary N) is 2. The fraction of sp³-hybridized carbons (Fsp3) is 0.0909. The second kappa shape index (κ2) is 7.15. The van der Waals surface area contributed by atoms with Crippen molar-refractivity contribution in [1.82, 2.24) is 14.8 Å². The average Bonchev–Trinajstić information content (AvgIpc) is 2.67. The number of pyridine rings is 1. The first-order chi connectivity index (χ1) is 13.5. The first-order valence-electron chi connectivity index (χ1n) is 8.83. The molecule has 5 nitrogen and oxygen atoms in total. The molecular weight excluding hydrogens is 353 g/mol. The van der Waals surface area contributed by atoms with Crippen LogP contribution >= 0.6 is 0 Å². The number of aryl methyl sites for hydroxylation is 1. The molecule has 0 spiro atoms. The molecule has 28 heavy (non-hydrogen) atoms. The van der Waals surface area contributed by atoms with Gasteiger partial charge in [-0.3, -0.25) is 15.8 Å². The van der Waals surface area contributed by atoms with Gasteiger partial charge in [0, 0.05) is 23.6 Å². The summed E-state index contributed by atoms with van der Waals surface area (Å²) in [4.78, 5) is 4.30. The third kappa shape index (κ3) is 3.57. The monoisotopic (exact) mass is 371 g/mol. The Hall–Kier alpha value is -3.67. The Kier molecular flexibility index (Phi) is 4.53. The molecular formula is C22H18FN5. The van der Waals surface area contributed by atoms with Crippen LogP contribution < -0.4 is 5.49 Å². The molecule has 4 aromatic rings. The number of hydrogen-bond acceptors (Lipinski definition) is 4. The van der Waals surface area contributed by atoms with Crippen LogP contribution in [0.15, 0.2) is 66.9 Å². The topological polar surface area (TPSA) is 78.4 Å². The molecule has 0 aliphatic heterocycles. The van der Waals surface area contributed by atoms with Crippen molar-refractivity contribution < 1.29 is 4.39 Å². The molecule has 4 rings (SSSR count). The molecule has 6 heteroatoms. The molecule has 0 saturated carbocycles. The van der Waals surface area contributed by atoms with E-state index in [4.69, 9.17) is 10.8 Å². The highest BCUT2D eigenvalue weighted by Gasteiger charge is 2.09. The Morgan fingerprint density at radius 1 is 1.07 bits per heavy atom. The molecule has 0 radical (unpaired) electrons. The Labute approximate surface area is 161 Å². The molecule has 0 atom stereocenters. The zero-order chi connectivity index (χ0) is 19.7. The van der Waals surface area contributed by atoms with Crippen LogP contribution in [0.2, 0.25) is 0 Å². The molecule has 2 aromatic heterocycles. The lowest BCUT2D eigenvalue weighted by Gasteiger charge is -2.11. The molecule has 0 aliphatic rings. The summed E-state index contributed by atoms with van der Waals surface area (Å²) >= 11 is 0.